The first-order valence-corrected chi connectivity index (χ1v) is 3.44. The molecule has 0 spiro atoms. The molecule has 0 amide bonds. The smallest absolute Gasteiger partial charge is 0.0459 e. The van der Waals surface area contributed by atoms with Crippen LogP contribution in [-0.2, 0) is 0 Å². The molecule has 0 aromatic carbocycles. The molecule has 9 heavy (non-hydrogen) atoms. The summed E-state index contributed by atoms with van der Waals surface area (Å²) in [4.78, 5) is 0. The van der Waals surface area contributed by atoms with Crippen molar-refractivity contribution in [3.05, 3.63) is 0 Å². The van der Waals surface area contributed by atoms with E-state index in [1.807, 2.05) is 13.8 Å². The Labute approximate surface area is 56.5 Å². The van der Waals surface area contributed by atoms with Crippen LogP contribution in [0, 0.1) is 11.8 Å². The third-order valence-corrected chi connectivity index (χ3v) is 1.84. The zero-order valence-electron chi connectivity index (χ0n) is 6.17. The van der Waals surface area contributed by atoms with E-state index >= 15 is 0 Å². The maximum atomic E-state index is 8.65. The highest BCUT2D eigenvalue weighted by atomic mass is 16.3. The molecule has 0 rings (SSSR count). The molecule has 0 aliphatic rings. The molecule has 0 radical (unpaired) electrons. The van der Waals surface area contributed by atoms with Gasteiger partial charge in [0.15, 0.2) is 0 Å². The highest BCUT2D eigenvalue weighted by Crippen LogP contribution is 2.12. The molecule has 2 nitrogen and oxygen atoms in total. The Balaban J connectivity index is 3.32. The Hall–Kier alpha value is -0.0800. The average Bonchev–Trinajstić information content (AvgIpc) is 1.87. The van der Waals surface area contributed by atoms with Crippen LogP contribution in [0.2, 0.25) is 0 Å². The van der Waals surface area contributed by atoms with E-state index in [2.05, 4.69) is 0 Å². The van der Waals surface area contributed by atoms with Crippen LogP contribution in [0.1, 0.15) is 20.3 Å². The van der Waals surface area contributed by atoms with Gasteiger partial charge in [0.05, 0.1) is 0 Å². The molecule has 0 aliphatic carbocycles. The number of aliphatic hydroxyl groups excluding tert-OH is 2. The van der Waals surface area contributed by atoms with Crippen LogP contribution >= 0.6 is 0 Å². The summed E-state index contributed by atoms with van der Waals surface area (Å²) in [5.41, 5.74) is 0. The molecule has 0 unspecified atom stereocenters. The van der Waals surface area contributed by atoms with E-state index in [0.29, 0.717) is 11.8 Å². The van der Waals surface area contributed by atoms with Gasteiger partial charge in [-0.2, -0.15) is 0 Å². The summed E-state index contributed by atoms with van der Waals surface area (Å²) in [6, 6.07) is 0. The van der Waals surface area contributed by atoms with E-state index < -0.39 is 0 Å². The number of aliphatic hydroxyl groups is 2. The lowest BCUT2D eigenvalue weighted by Crippen LogP contribution is -2.13. The maximum absolute atomic E-state index is 8.65. The first kappa shape index (κ1) is 8.92. The Bertz CT molecular complexity index is 63.9. The monoisotopic (exact) mass is 132 g/mol. The van der Waals surface area contributed by atoms with Crippen molar-refractivity contribution in [3.63, 3.8) is 0 Å². The van der Waals surface area contributed by atoms with Crippen LogP contribution in [-0.4, -0.2) is 23.4 Å². The zero-order valence-corrected chi connectivity index (χ0v) is 6.17. The molecule has 0 fully saturated rings. The van der Waals surface area contributed by atoms with Crippen LogP contribution in [0.15, 0.2) is 0 Å². The minimum Gasteiger partial charge on any atom is -0.396 e. The molecule has 2 N–H and O–H groups in total. The van der Waals surface area contributed by atoms with Gasteiger partial charge in [-0.15, -0.1) is 0 Å². The van der Waals surface area contributed by atoms with Gasteiger partial charge in [-0.1, -0.05) is 13.8 Å². The Kier molecular flexibility index (Phi) is 4.72. The third-order valence-electron chi connectivity index (χ3n) is 1.84. The fourth-order valence-electron chi connectivity index (χ4n) is 0.668. The largest absolute Gasteiger partial charge is 0.396 e. The Morgan fingerprint density at radius 1 is 1.11 bits per heavy atom. The Morgan fingerprint density at radius 3 is 2.00 bits per heavy atom. The van der Waals surface area contributed by atoms with E-state index in [4.69, 9.17) is 10.2 Å². The summed E-state index contributed by atoms with van der Waals surface area (Å²) in [5, 5.41) is 17.1. The van der Waals surface area contributed by atoms with Crippen LogP contribution in [0.5, 0.6) is 0 Å². The van der Waals surface area contributed by atoms with Crippen molar-refractivity contribution >= 4 is 0 Å². The van der Waals surface area contributed by atoms with Gasteiger partial charge < -0.3 is 10.2 Å². The second-order valence-corrected chi connectivity index (χ2v) is 2.65. The van der Waals surface area contributed by atoms with Crippen LogP contribution in [0.4, 0.5) is 0 Å². The van der Waals surface area contributed by atoms with E-state index in [1.165, 1.54) is 0 Å². The van der Waals surface area contributed by atoms with E-state index in [1.54, 1.807) is 0 Å². The molecule has 2 heteroatoms. The van der Waals surface area contributed by atoms with E-state index in [9.17, 15) is 0 Å². The van der Waals surface area contributed by atoms with Gasteiger partial charge in [0.1, 0.15) is 0 Å². The lowest BCUT2D eigenvalue weighted by molar-refractivity contribution is 0.169. The van der Waals surface area contributed by atoms with Crippen molar-refractivity contribution in [2.24, 2.45) is 11.8 Å². The van der Waals surface area contributed by atoms with Gasteiger partial charge in [-0.3, -0.25) is 0 Å². The maximum Gasteiger partial charge on any atom is 0.0459 e. The summed E-state index contributed by atoms with van der Waals surface area (Å²) in [6.45, 7) is 4.48. The van der Waals surface area contributed by atoms with Gasteiger partial charge in [0, 0.05) is 13.2 Å². The minimum absolute atomic E-state index is 0.223. The number of hydrogen-bond acceptors (Lipinski definition) is 2. The highest BCUT2D eigenvalue weighted by molar-refractivity contribution is 4.59. The average molecular weight is 132 g/mol. The molecule has 0 bridgehead atoms. The molecule has 0 aromatic heterocycles. The van der Waals surface area contributed by atoms with Gasteiger partial charge in [-0.25, -0.2) is 0 Å². The minimum atomic E-state index is 0.223. The second-order valence-electron chi connectivity index (χ2n) is 2.65. The molecule has 0 heterocycles. The van der Waals surface area contributed by atoms with Crippen LogP contribution in [0.25, 0.3) is 0 Å². The van der Waals surface area contributed by atoms with Crippen molar-refractivity contribution in [3.8, 4) is 0 Å². The lowest BCUT2D eigenvalue weighted by Gasteiger charge is -2.15. The molecule has 0 saturated carbocycles. The summed E-state index contributed by atoms with van der Waals surface area (Å²) >= 11 is 0. The van der Waals surface area contributed by atoms with Crippen molar-refractivity contribution in [1.29, 1.82) is 0 Å². The summed E-state index contributed by atoms with van der Waals surface area (Å²) < 4.78 is 0. The molecule has 56 valence electrons. The van der Waals surface area contributed by atoms with Crippen LogP contribution < -0.4 is 0 Å². The van der Waals surface area contributed by atoms with Crippen LogP contribution in [0.3, 0.4) is 0 Å². The third kappa shape index (κ3) is 3.49. The molecule has 0 aliphatic heterocycles. The topological polar surface area (TPSA) is 40.5 Å². The van der Waals surface area contributed by atoms with Gasteiger partial charge >= 0.3 is 0 Å². The normalized spacial score (nSPS) is 17.3. The highest BCUT2D eigenvalue weighted by Gasteiger charge is 2.08. The van der Waals surface area contributed by atoms with Crippen molar-refractivity contribution < 1.29 is 10.2 Å². The molecular formula is C7H16O2. The molecule has 2 atom stereocenters. The fourth-order valence-corrected chi connectivity index (χ4v) is 0.668. The first-order chi connectivity index (χ1) is 4.22. The number of hydrogen-bond donors (Lipinski definition) is 2. The zero-order chi connectivity index (χ0) is 7.28. The predicted octanol–water partition coefficient (Wildman–Crippen LogP) is 0.633. The molecule has 0 aromatic rings. The molecule has 0 saturated heterocycles. The van der Waals surface area contributed by atoms with E-state index in [-0.39, 0.29) is 13.2 Å². The Morgan fingerprint density at radius 2 is 1.67 bits per heavy atom. The first-order valence-electron chi connectivity index (χ1n) is 3.44. The SMILES string of the molecule is C[C@H](CO)[C@@H](C)CCO. The van der Waals surface area contributed by atoms with Gasteiger partial charge in [0.2, 0.25) is 0 Å². The van der Waals surface area contributed by atoms with Gasteiger partial charge in [-0.05, 0) is 18.3 Å². The second kappa shape index (κ2) is 4.77. The van der Waals surface area contributed by atoms with Crippen molar-refractivity contribution in [1.82, 2.24) is 0 Å². The quantitative estimate of drug-likeness (QED) is 0.589. The van der Waals surface area contributed by atoms with Gasteiger partial charge in [0.25, 0.3) is 0 Å². The lowest BCUT2D eigenvalue weighted by atomic mass is 9.94. The van der Waals surface area contributed by atoms with E-state index in [0.717, 1.165) is 6.42 Å². The summed E-state index contributed by atoms with van der Waals surface area (Å²) in [7, 11) is 0. The summed E-state index contributed by atoms with van der Waals surface area (Å²) in [5.74, 6) is 0.747. The standard InChI is InChI=1S/C7H16O2/c1-6(3-4-8)7(2)5-9/h6-9H,3-5H2,1-2H3/t6-,7+/m0/s1. The summed E-state index contributed by atoms with van der Waals surface area (Å²) in [6.07, 6.45) is 0.793. The molecular weight excluding hydrogens is 116 g/mol. The number of rotatable bonds is 4. The van der Waals surface area contributed by atoms with Crippen molar-refractivity contribution in [2.75, 3.05) is 13.2 Å². The predicted molar refractivity (Wildman–Crippen MR) is 37.1 cm³/mol. The fraction of sp³-hybridized carbons (Fsp3) is 1.00. The van der Waals surface area contributed by atoms with Crippen molar-refractivity contribution in [2.45, 2.75) is 20.3 Å².